The largest absolute Gasteiger partial charge is 0.313 e. The van der Waals surface area contributed by atoms with E-state index in [9.17, 15) is 0 Å². The van der Waals surface area contributed by atoms with Crippen molar-refractivity contribution in [3.05, 3.63) is 126 Å². The predicted octanol–water partition coefficient (Wildman–Crippen LogP) is 10.3. The second-order valence-corrected chi connectivity index (χ2v) is 11.5. The molecule has 0 atom stereocenters. The summed E-state index contributed by atoms with van der Waals surface area (Å²) in [5.74, 6) is 0. The van der Waals surface area contributed by atoms with Gasteiger partial charge in [0.15, 0.2) is 0 Å². The average Bonchev–Trinajstić information content (AvgIpc) is 3.66. The van der Waals surface area contributed by atoms with Crippen molar-refractivity contribution in [1.29, 1.82) is 0 Å². The molecule has 0 saturated heterocycles. The fraction of sp³-hybridized carbons (Fsp3) is 0.111. The van der Waals surface area contributed by atoms with Crippen LogP contribution in [0.4, 0.5) is 0 Å². The summed E-state index contributed by atoms with van der Waals surface area (Å²) in [5.41, 5.74) is 12.0. The zero-order valence-electron chi connectivity index (χ0n) is 21.4. The summed E-state index contributed by atoms with van der Waals surface area (Å²) in [4.78, 5) is 0. The third-order valence-electron chi connectivity index (χ3n) is 8.19. The molecule has 0 N–H and O–H groups in total. The van der Waals surface area contributed by atoms with E-state index in [0.717, 1.165) is 19.3 Å². The lowest BCUT2D eigenvalue weighted by Crippen LogP contribution is -1.98. The average molecular weight is 506 g/mol. The van der Waals surface area contributed by atoms with Gasteiger partial charge in [0.25, 0.3) is 0 Å². The van der Waals surface area contributed by atoms with Crippen LogP contribution in [0.5, 0.6) is 0 Å². The molecule has 0 amide bonds. The van der Waals surface area contributed by atoms with Gasteiger partial charge < -0.3 is 4.57 Å². The molecule has 4 aromatic carbocycles. The van der Waals surface area contributed by atoms with Gasteiger partial charge in [-0.3, -0.25) is 0 Å². The lowest BCUT2D eigenvalue weighted by molar-refractivity contribution is 1.01. The Bertz CT molecular complexity index is 1990. The topological polar surface area (TPSA) is 4.93 Å². The van der Waals surface area contributed by atoms with Crippen molar-refractivity contribution in [3.8, 4) is 16.8 Å². The van der Waals surface area contributed by atoms with E-state index in [2.05, 4.69) is 121 Å². The predicted molar refractivity (Wildman–Crippen MR) is 165 cm³/mol. The highest BCUT2D eigenvalue weighted by molar-refractivity contribution is 7.26. The first kappa shape index (κ1) is 21.9. The van der Waals surface area contributed by atoms with Gasteiger partial charge in [-0.05, 0) is 66.3 Å². The highest BCUT2D eigenvalue weighted by Gasteiger charge is 2.21. The molecule has 182 valence electrons. The van der Waals surface area contributed by atoms with E-state index in [4.69, 9.17) is 0 Å². The normalized spacial score (nSPS) is 14.6. The molecule has 6 aromatic rings. The molecule has 38 heavy (non-hydrogen) atoms. The zero-order chi connectivity index (χ0) is 25.2. The van der Waals surface area contributed by atoms with Crippen molar-refractivity contribution < 1.29 is 0 Å². The van der Waals surface area contributed by atoms with Crippen molar-refractivity contribution in [2.24, 2.45) is 0 Å². The first-order valence-corrected chi connectivity index (χ1v) is 14.3. The number of hydrogen-bond donors (Lipinski definition) is 0. The van der Waals surface area contributed by atoms with Gasteiger partial charge in [0.2, 0.25) is 0 Å². The standard InChI is InChI=1S/C36H27NS/c1-23-16-19-26(20-17-23)37-33-15-7-12-29(33)32-22-25(18-21-34(32)37)28-11-6-14-31-30-13-5-10-27(35(30)38-36(28)31)24-8-3-2-4-9-24/h2-3,5-8,10-14,16-22H,4,9,15H2,1H3. The van der Waals surface area contributed by atoms with Crippen molar-refractivity contribution >= 4 is 54.1 Å². The van der Waals surface area contributed by atoms with Gasteiger partial charge in [0.1, 0.15) is 0 Å². The Morgan fingerprint density at radius 1 is 0.763 bits per heavy atom. The van der Waals surface area contributed by atoms with Gasteiger partial charge in [-0.2, -0.15) is 0 Å². The van der Waals surface area contributed by atoms with Gasteiger partial charge in [-0.25, -0.2) is 0 Å². The molecule has 0 radical (unpaired) electrons. The van der Waals surface area contributed by atoms with Crippen molar-refractivity contribution in [3.63, 3.8) is 0 Å². The summed E-state index contributed by atoms with van der Waals surface area (Å²) in [6.07, 6.45) is 14.6. The summed E-state index contributed by atoms with van der Waals surface area (Å²) in [6.45, 7) is 2.15. The molecule has 2 aliphatic rings. The second-order valence-electron chi connectivity index (χ2n) is 10.5. The van der Waals surface area contributed by atoms with Crippen LogP contribution in [-0.4, -0.2) is 4.57 Å². The van der Waals surface area contributed by atoms with E-state index in [0.29, 0.717) is 0 Å². The van der Waals surface area contributed by atoms with Crippen molar-refractivity contribution in [2.75, 3.05) is 0 Å². The highest BCUT2D eigenvalue weighted by Crippen LogP contribution is 2.44. The summed E-state index contributed by atoms with van der Waals surface area (Å²) in [6, 6.07) is 29.6. The number of nitrogens with zero attached hydrogens (tertiary/aromatic N) is 1. The monoisotopic (exact) mass is 505 g/mol. The SMILES string of the molecule is Cc1ccc(-n2c3c(c4cc(-c5cccc6c5sc5c(C7=CC=CCC7)cccc56)ccc42)C=CC3)cc1. The van der Waals surface area contributed by atoms with Gasteiger partial charge >= 0.3 is 0 Å². The molecular weight excluding hydrogens is 478 g/mol. The molecule has 0 bridgehead atoms. The first-order valence-electron chi connectivity index (χ1n) is 13.5. The molecular formula is C36H27NS. The number of aryl methyl sites for hydroxylation is 1. The number of benzene rings is 4. The molecule has 1 nitrogen and oxygen atoms in total. The second kappa shape index (κ2) is 8.44. The molecule has 0 unspecified atom stereocenters. The van der Waals surface area contributed by atoms with Crippen LogP contribution in [0.2, 0.25) is 0 Å². The Kier molecular flexibility index (Phi) is 4.86. The molecule has 0 spiro atoms. The van der Waals surface area contributed by atoms with Crippen molar-refractivity contribution in [1.82, 2.24) is 4.57 Å². The maximum atomic E-state index is 2.45. The van der Waals surface area contributed by atoms with Crippen LogP contribution in [0.25, 0.3) is 59.5 Å². The molecule has 0 fully saturated rings. The van der Waals surface area contributed by atoms with Crippen LogP contribution in [0.3, 0.4) is 0 Å². The summed E-state index contributed by atoms with van der Waals surface area (Å²) < 4.78 is 5.24. The van der Waals surface area contributed by atoms with Crippen LogP contribution in [0.15, 0.2) is 103 Å². The lowest BCUT2D eigenvalue weighted by Gasteiger charge is -2.10. The van der Waals surface area contributed by atoms with Crippen LogP contribution in [0.1, 0.15) is 35.2 Å². The van der Waals surface area contributed by atoms with Gasteiger partial charge in [0, 0.05) is 48.9 Å². The highest BCUT2D eigenvalue weighted by atomic mass is 32.1. The number of hydrogen-bond acceptors (Lipinski definition) is 1. The number of fused-ring (bicyclic) bond motifs is 6. The van der Waals surface area contributed by atoms with Gasteiger partial charge in [0.05, 0.1) is 5.52 Å². The summed E-state index contributed by atoms with van der Waals surface area (Å²) in [7, 11) is 0. The van der Waals surface area contributed by atoms with E-state index in [-0.39, 0.29) is 0 Å². The van der Waals surface area contributed by atoms with E-state index in [1.807, 2.05) is 11.3 Å². The van der Waals surface area contributed by atoms with E-state index in [1.165, 1.54) is 75.8 Å². The summed E-state index contributed by atoms with van der Waals surface area (Å²) in [5, 5.41) is 4.07. The van der Waals surface area contributed by atoms with Crippen LogP contribution in [-0.2, 0) is 6.42 Å². The zero-order valence-corrected chi connectivity index (χ0v) is 22.2. The Balaban J connectivity index is 1.34. The minimum atomic E-state index is 0.979. The van der Waals surface area contributed by atoms with Gasteiger partial charge in [-0.1, -0.05) is 90.5 Å². The lowest BCUT2D eigenvalue weighted by atomic mass is 9.95. The molecule has 0 aliphatic heterocycles. The van der Waals surface area contributed by atoms with Crippen LogP contribution >= 0.6 is 11.3 Å². The van der Waals surface area contributed by atoms with E-state index >= 15 is 0 Å². The van der Waals surface area contributed by atoms with Crippen LogP contribution < -0.4 is 0 Å². The molecule has 2 aliphatic carbocycles. The maximum absolute atomic E-state index is 2.45. The van der Waals surface area contributed by atoms with Crippen molar-refractivity contribution in [2.45, 2.75) is 26.2 Å². The fourth-order valence-corrected chi connectivity index (χ4v) is 7.71. The fourth-order valence-electron chi connectivity index (χ4n) is 6.33. The number of rotatable bonds is 3. The Hall–Kier alpha value is -4.14. The third-order valence-corrected chi connectivity index (χ3v) is 9.48. The quantitative estimate of drug-likeness (QED) is 0.225. The smallest absolute Gasteiger partial charge is 0.0538 e. The minimum absolute atomic E-state index is 0.979. The Morgan fingerprint density at radius 3 is 2.34 bits per heavy atom. The molecule has 2 aromatic heterocycles. The third kappa shape index (κ3) is 3.23. The number of allylic oxidation sites excluding steroid dienone is 5. The Labute approximate surface area is 226 Å². The number of thiophene rings is 1. The minimum Gasteiger partial charge on any atom is -0.313 e. The molecule has 8 rings (SSSR count). The maximum Gasteiger partial charge on any atom is 0.0538 e. The van der Waals surface area contributed by atoms with E-state index < -0.39 is 0 Å². The molecule has 2 heteroatoms. The molecule has 0 saturated carbocycles. The Morgan fingerprint density at radius 2 is 1.55 bits per heavy atom. The van der Waals surface area contributed by atoms with Crippen LogP contribution in [0, 0.1) is 6.92 Å². The number of aromatic nitrogens is 1. The summed E-state index contributed by atoms with van der Waals surface area (Å²) >= 11 is 1.95. The molecule has 2 heterocycles. The first-order chi connectivity index (χ1) is 18.8. The van der Waals surface area contributed by atoms with E-state index in [1.54, 1.807) is 0 Å². The van der Waals surface area contributed by atoms with Gasteiger partial charge in [-0.15, -0.1) is 11.3 Å².